The minimum atomic E-state index is 0.121. The van der Waals surface area contributed by atoms with Crippen LogP contribution in [-0.2, 0) is 6.42 Å². The van der Waals surface area contributed by atoms with Crippen LogP contribution in [0.3, 0.4) is 0 Å². The Morgan fingerprint density at radius 1 is 1.50 bits per heavy atom. The van der Waals surface area contributed by atoms with Crippen LogP contribution in [0.2, 0.25) is 5.02 Å². The van der Waals surface area contributed by atoms with Crippen LogP contribution in [0.25, 0.3) is 0 Å². The molecule has 0 aliphatic heterocycles. The Balaban J connectivity index is 2.82. The van der Waals surface area contributed by atoms with Crippen LogP contribution in [0.15, 0.2) is 29.3 Å². The van der Waals surface area contributed by atoms with Gasteiger partial charge in [0.1, 0.15) is 12.4 Å². The van der Waals surface area contributed by atoms with E-state index in [1.807, 2.05) is 25.1 Å². The van der Waals surface area contributed by atoms with Crippen molar-refractivity contribution in [1.29, 1.82) is 0 Å². The van der Waals surface area contributed by atoms with Crippen molar-refractivity contribution in [2.45, 2.75) is 32.7 Å². The highest BCUT2D eigenvalue weighted by Crippen LogP contribution is 2.25. The molecular weight excluding hydrogens is 269 g/mol. The van der Waals surface area contributed by atoms with E-state index in [0.717, 1.165) is 29.7 Å². The van der Waals surface area contributed by atoms with Crippen LogP contribution in [0.4, 0.5) is 0 Å². The van der Waals surface area contributed by atoms with Gasteiger partial charge in [-0.1, -0.05) is 30.1 Å². The SMILES string of the molecule is CCC(N)Cc1cc(Cl)ccc1OC/C(C)=C/Cl. The zero-order chi connectivity index (χ0) is 13.5. The van der Waals surface area contributed by atoms with Crippen molar-refractivity contribution in [2.75, 3.05) is 6.61 Å². The van der Waals surface area contributed by atoms with Crippen molar-refractivity contribution in [3.8, 4) is 5.75 Å². The van der Waals surface area contributed by atoms with E-state index < -0.39 is 0 Å². The maximum Gasteiger partial charge on any atom is 0.123 e. The summed E-state index contributed by atoms with van der Waals surface area (Å²) in [7, 11) is 0. The molecule has 18 heavy (non-hydrogen) atoms. The summed E-state index contributed by atoms with van der Waals surface area (Å²) in [6, 6.07) is 5.72. The van der Waals surface area contributed by atoms with E-state index in [-0.39, 0.29) is 6.04 Å². The van der Waals surface area contributed by atoms with Gasteiger partial charge in [-0.05, 0) is 49.1 Å². The predicted molar refractivity (Wildman–Crippen MR) is 78.5 cm³/mol. The van der Waals surface area contributed by atoms with Crippen LogP contribution in [-0.4, -0.2) is 12.6 Å². The molecule has 1 aromatic rings. The molecule has 0 aliphatic carbocycles. The van der Waals surface area contributed by atoms with Gasteiger partial charge in [-0.15, -0.1) is 0 Å². The molecule has 0 radical (unpaired) electrons. The average molecular weight is 288 g/mol. The Kier molecular flexibility index (Phi) is 6.55. The summed E-state index contributed by atoms with van der Waals surface area (Å²) in [5, 5.41) is 0.699. The third-order valence-electron chi connectivity index (χ3n) is 2.67. The largest absolute Gasteiger partial charge is 0.489 e. The maximum atomic E-state index is 6.00. The van der Waals surface area contributed by atoms with Crippen LogP contribution in [0, 0.1) is 0 Å². The van der Waals surface area contributed by atoms with Gasteiger partial charge >= 0.3 is 0 Å². The van der Waals surface area contributed by atoms with Crippen LogP contribution in [0.1, 0.15) is 25.8 Å². The molecule has 2 nitrogen and oxygen atoms in total. The zero-order valence-corrected chi connectivity index (χ0v) is 12.3. The first-order chi connectivity index (χ1) is 8.56. The van der Waals surface area contributed by atoms with Gasteiger partial charge in [0.25, 0.3) is 0 Å². The summed E-state index contributed by atoms with van der Waals surface area (Å²) in [4.78, 5) is 0. The Morgan fingerprint density at radius 3 is 2.83 bits per heavy atom. The van der Waals surface area contributed by atoms with E-state index in [0.29, 0.717) is 11.6 Å². The number of rotatable bonds is 6. The topological polar surface area (TPSA) is 35.2 Å². The second kappa shape index (κ2) is 7.67. The quantitative estimate of drug-likeness (QED) is 0.853. The lowest BCUT2D eigenvalue weighted by molar-refractivity contribution is 0.347. The van der Waals surface area contributed by atoms with Gasteiger partial charge in [0.05, 0.1) is 0 Å². The molecule has 4 heteroatoms. The molecule has 1 aromatic carbocycles. The zero-order valence-electron chi connectivity index (χ0n) is 10.7. The molecule has 1 atom stereocenters. The standard InChI is InChI=1S/C14H19Cl2NO/c1-3-13(17)7-11-6-12(16)4-5-14(11)18-9-10(2)8-15/h4-6,8,13H,3,7,9,17H2,1-2H3/b10-8+. The highest BCUT2D eigenvalue weighted by molar-refractivity contribution is 6.30. The number of hydrogen-bond donors (Lipinski definition) is 1. The Morgan fingerprint density at radius 2 is 2.22 bits per heavy atom. The van der Waals surface area contributed by atoms with Crippen molar-refractivity contribution >= 4 is 23.2 Å². The van der Waals surface area contributed by atoms with E-state index >= 15 is 0 Å². The van der Waals surface area contributed by atoms with E-state index in [1.165, 1.54) is 5.54 Å². The molecule has 1 unspecified atom stereocenters. The fraction of sp³-hybridized carbons (Fsp3) is 0.429. The second-order valence-electron chi connectivity index (χ2n) is 4.37. The molecule has 0 saturated carbocycles. The van der Waals surface area contributed by atoms with Crippen molar-refractivity contribution in [3.05, 3.63) is 39.9 Å². The fourth-order valence-electron chi connectivity index (χ4n) is 1.50. The normalized spacial score (nSPS) is 13.5. The molecule has 0 spiro atoms. The minimum absolute atomic E-state index is 0.121. The van der Waals surface area contributed by atoms with E-state index in [4.69, 9.17) is 33.7 Å². The minimum Gasteiger partial charge on any atom is -0.489 e. The third kappa shape index (κ3) is 4.89. The van der Waals surface area contributed by atoms with Gasteiger partial charge in [-0.25, -0.2) is 0 Å². The van der Waals surface area contributed by atoms with E-state index in [9.17, 15) is 0 Å². The van der Waals surface area contributed by atoms with Crippen LogP contribution < -0.4 is 10.5 Å². The lowest BCUT2D eigenvalue weighted by Gasteiger charge is -2.15. The maximum absolute atomic E-state index is 6.00. The molecule has 1 rings (SSSR count). The smallest absolute Gasteiger partial charge is 0.123 e. The first-order valence-corrected chi connectivity index (χ1v) is 6.81. The monoisotopic (exact) mass is 287 g/mol. The van der Waals surface area contributed by atoms with Gasteiger partial charge in [0, 0.05) is 16.6 Å². The molecule has 0 aliphatic rings. The summed E-state index contributed by atoms with van der Waals surface area (Å²) in [5.41, 5.74) is 9.51. The van der Waals surface area contributed by atoms with Gasteiger partial charge in [0.15, 0.2) is 0 Å². The lowest BCUT2D eigenvalue weighted by Crippen LogP contribution is -2.21. The Hall–Kier alpha value is -0.700. The fourth-order valence-corrected chi connectivity index (χ4v) is 1.76. The Labute approximate surface area is 119 Å². The number of nitrogens with two attached hydrogens (primary N) is 1. The highest BCUT2D eigenvalue weighted by atomic mass is 35.5. The molecular formula is C14H19Cl2NO. The molecule has 0 fully saturated rings. The van der Waals surface area contributed by atoms with Crippen molar-refractivity contribution < 1.29 is 4.74 Å². The summed E-state index contributed by atoms with van der Waals surface area (Å²) < 4.78 is 5.72. The van der Waals surface area contributed by atoms with E-state index in [1.54, 1.807) is 0 Å². The average Bonchev–Trinajstić information content (AvgIpc) is 2.37. The van der Waals surface area contributed by atoms with Crippen molar-refractivity contribution in [3.63, 3.8) is 0 Å². The first-order valence-electron chi connectivity index (χ1n) is 5.99. The van der Waals surface area contributed by atoms with Gasteiger partial charge in [0.2, 0.25) is 0 Å². The number of hydrogen-bond acceptors (Lipinski definition) is 2. The summed E-state index contributed by atoms with van der Waals surface area (Å²) in [6.45, 7) is 4.45. The number of benzene rings is 1. The molecule has 2 N–H and O–H groups in total. The van der Waals surface area contributed by atoms with E-state index in [2.05, 4.69) is 6.92 Å². The predicted octanol–water partition coefficient (Wildman–Crippen LogP) is 4.14. The molecule has 0 heterocycles. The summed E-state index contributed by atoms with van der Waals surface area (Å²) in [6.07, 6.45) is 1.68. The van der Waals surface area contributed by atoms with Crippen LogP contribution in [0.5, 0.6) is 5.75 Å². The summed E-state index contributed by atoms with van der Waals surface area (Å²) >= 11 is 11.6. The highest BCUT2D eigenvalue weighted by Gasteiger charge is 2.09. The second-order valence-corrected chi connectivity index (χ2v) is 5.02. The number of ether oxygens (including phenoxy) is 1. The first kappa shape index (κ1) is 15.4. The molecule has 0 aromatic heterocycles. The molecule has 0 bridgehead atoms. The summed E-state index contributed by atoms with van der Waals surface area (Å²) in [5.74, 6) is 0.821. The molecule has 100 valence electrons. The Bertz CT molecular complexity index is 418. The van der Waals surface area contributed by atoms with Crippen LogP contribution >= 0.6 is 23.2 Å². The molecule has 0 amide bonds. The van der Waals surface area contributed by atoms with Crippen molar-refractivity contribution in [2.24, 2.45) is 5.73 Å². The van der Waals surface area contributed by atoms with Crippen molar-refractivity contribution in [1.82, 2.24) is 0 Å². The number of halogens is 2. The molecule has 0 saturated heterocycles. The lowest BCUT2D eigenvalue weighted by atomic mass is 10.0. The van der Waals surface area contributed by atoms with Gasteiger partial charge < -0.3 is 10.5 Å². The van der Waals surface area contributed by atoms with Gasteiger partial charge in [-0.2, -0.15) is 0 Å². The third-order valence-corrected chi connectivity index (χ3v) is 3.28. The van der Waals surface area contributed by atoms with Gasteiger partial charge in [-0.3, -0.25) is 0 Å².